The topological polar surface area (TPSA) is 0 Å². The van der Waals surface area contributed by atoms with Crippen molar-refractivity contribution in [1.29, 1.82) is 0 Å². The maximum absolute atomic E-state index is 2.40. The van der Waals surface area contributed by atoms with Crippen LogP contribution in [0.2, 0.25) is 0 Å². The van der Waals surface area contributed by atoms with Crippen LogP contribution in [0, 0.1) is 13.8 Å². The van der Waals surface area contributed by atoms with Crippen LogP contribution in [-0.2, 0) is 0 Å². The third kappa shape index (κ3) is 2.32. The monoisotopic (exact) mass is 418 g/mol. The standard InChI is InChI=1S/C28H18S2/c1-15-3-5-17-9-23-24-11-20-13-26-22(21-6-4-16(2)8-25(21)29-26)10-19(20)14-28(24)30-27(23)12-18(17)7-15/h3-14H,1-2H3. The summed E-state index contributed by atoms with van der Waals surface area (Å²) in [7, 11) is 0. The van der Waals surface area contributed by atoms with Crippen LogP contribution in [0.3, 0.4) is 0 Å². The third-order valence-electron chi connectivity index (χ3n) is 6.29. The van der Waals surface area contributed by atoms with Crippen LogP contribution in [0.4, 0.5) is 0 Å². The molecule has 142 valence electrons. The highest BCUT2D eigenvalue weighted by Gasteiger charge is 2.11. The van der Waals surface area contributed by atoms with Gasteiger partial charge in [-0.15, -0.1) is 22.7 Å². The van der Waals surface area contributed by atoms with Gasteiger partial charge in [-0.2, -0.15) is 0 Å². The summed E-state index contributed by atoms with van der Waals surface area (Å²) < 4.78 is 5.51. The molecule has 0 radical (unpaired) electrons. The summed E-state index contributed by atoms with van der Waals surface area (Å²) in [5.41, 5.74) is 2.64. The highest BCUT2D eigenvalue weighted by Crippen LogP contribution is 2.41. The summed E-state index contributed by atoms with van der Waals surface area (Å²) >= 11 is 3.82. The van der Waals surface area contributed by atoms with Gasteiger partial charge in [0.1, 0.15) is 0 Å². The van der Waals surface area contributed by atoms with E-state index < -0.39 is 0 Å². The SMILES string of the molecule is Cc1ccc2cc3c(cc2c1)sc1cc2cc4c(cc2cc13)sc1cc(C)ccc14. The lowest BCUT2D eigenvalue weighted by Gasteiger charge is -2.02. The minimum Gasteiger partial charge on any atom is -0.135 e. The fourth-order valence-corrected chi connectivity index (χ4v) is 7.16. The number of fused-ring (bicyclic) bond motifs is 8. The highest BCUT2D eigenvalue weighted by molar-refractivity contribution is 7.26. The van der Waals surface area contributed by atoms with Gasteiger partial charge in [-0.05, 0) is 83.4 Å². The second-order valence-corrected chi connectivity index (χ2v) is 10.6. The molecule has 0 N–H and O–H groups in total. The van der Waals surface area contributed by atoms with Gasteiger partial charge in [0.15, 0.2) is 0 Å². The lowest BCUT2D eigenvalue weighted by Crippen LogP contribution is -1.76. The maximum Gasteiger partial charge on any atom is 0.0361 e. The molecule has 0 spiro atoms. The normalized spacial score (nSPS) is 12.3. The van der Waals surface area contributed by atoms with Crippen molar-refractivity contribution in [1.82, 2.24) is 0 Å². The minimum atomic E-state index is 1.32. The molecule has 0 saturated heterocycles. The van der Waals surface area contributed by atoms with Crippen molar-refractivity contribution in [2.24, 2.45) is 0 Å². The first-order valence-electron chi connectivity index (χ1n) is 10.3. The average Bonchev–Trinajstić information content (AvgIpc) is 3.24. The number of aryl methyl sites for hydroxylation is 2. The minimum absolute atomic E-state index is 1.32. The molecular formula is C28H18S2. The van der Waals surface area contributed by atoms with E-state index in [9.17, 15) is 0 Å². The summed E-state index contributed by atoms with van der Waals surface area (Å²) in [6, 6.07) is 27.9. The van der Waals surface area contributed by atoms with Gasteiger partial charge in [0.05, 0.1) is 0 Å². The van der Waals surface area contributed by atoms with Crippen LogP contribution in [0.1, 0.15) is 11.1 Å². The van der Waals surface area contributed by atoms with Gasteiger partial charge >= 0.3 is 0 Å². The van der Waals surface area contributed by atoms with Crippen molar-refractivity contribution in [3.63, 3.8) is 0 Å². The van der Waals surface area contributed by atoms with Gasteiger partial charge in [-0.3, -0.25) is 0 Å². The van der Waals surface area contributed by atoms with Crippen molar-refractivity contribution in [3.05, 3.63) is 83.9 Å². The molecule has 30 heavy (non-hydrogen) atoms. The molecule has 0 atom stereocenters. The molecule has 0 amide bonds. The van der Waals surface area contributed by atoms with Gasteiger partial charge in [-0.1, -0.05) is 35.9 Å². The molecular weight excluding hydrogens is 400 g/mol. The molecule has 0 bridgehead atoms. The van der Waals surface area contributed by atoms with Gasteiger partial charge < -0.3 is 0 Å². The molecule has 0 aliphatic rings. The molecule has 5 aromatic carbocycles. The van der Waals surface area contributed by atoms with Crippen molar-refractivity contribution in [3.8, 4) is 0 Å². The lowest BCUT2D eigenvalue weighted by atomic mass is 10.0. The Morgan fingerprint density at radius 3 is 1.53 bits per heavy atom. The number of rotatable bonds is 0. The third-order valence-corrected chi connectivity index (χ3v) is 8.52. The van der Waals surface area contributed by atoms with E-state index in [0.717, 1.165) is 0 Å². The molecule has 0 aliphatic heterocycles. The first-order chi connectivity index (χ1) is 14.6. The zero-order valence-corrected chi connectivity index (χ0v) is 18.4. The lowest BCUT2D eigenvalue weighted by molar-refractivity contribution is 1.51. The smallest absolute Gasteiger partial charge is 0.0361 e. The van der Waals surface area contributed by atoms with Crippen molar-refractivity contribution < 1.29 is 0 Å². The van der Waals surface area contributed by atoms with E-state index in [1.54, 1.807) is 0 Å². The summed E-state index contributed by atoms with van der Waals surface area (Å²) in [4.78, 5) is 0. The first-order valence-corrected chi connectivity index (χ1v) is 11.9. The summed E-state index contributed by atoms with van der Waals surface area (Å²) in [6.45, 7) is 4.34. The van der Waals surface area contributed by atoms with Crippen LogP contribution >= 0.6 is 22.7 Å². The van der Waals surface area contributed by atoms with E-state index in [0.29, 0.717) is 0 Å². The molecule has 0 saturated carbocycles. The Bertz CT molecular complexity index is 1800. The Morgan fingerprint density at radius 1 is 0.400 bits per heavy atom. The second kappa shape index (κ2) is 5.81. The molecule has 2 aromatic heterocycles. The molecule has 7 aromatic rings. The van der Waals surface area contributed by atoms with Crippen LogP contribution < -0.4 is 0 Å². The van der Waals surface area contributed by atoms with E-state index in [-0.39, 0.29) is 0 Å². The van der Waals surface area contributed by atoms with Crippen molar-refractivity contribution >= 4 is 84.6 Å². The molecule has 0 unspecified atom stereocenters. The summed E-state index contributed by atoms with van der Waals surface area (Å²) in [5, 5.41) is 10.8. The molecule has 0 fully saturated rings. The van der Waals surface area contributed by atoms with E-state index in [2.05, 4.69) is 86.6 Å². The van der Waals surface area contributed by atoms with Gasteiger partial charge in [-0.25, -0.2) is 0 Å². The van der Waals surface area contributed by atoms with Gasteiger partial charge in [0, 0.05) is 40.3 Å². The average molecular weight is 419 g/mol. The van der Waals surface area contributed by atoms with E-state index in [1.165, 1.54) is 73.0 Å². The number of hydrogen-bond acceptors (Lipinski definition) is 2. The van der Waals surface area contributed by atoms with Crippen molar-refractivity contribution in [2.45, 2.75) is 13.8 Å². The molecule has 7 rings (SSSR count). The van der Waals surface area contributed by atoms with E-state index >= 15 is 0 Å². The van der Waals surface area contributed by atoms with Gasteiger partial charge in [0.25, 0.3) is 0 Å². The predicted octanol–water partition coefficient (Wildman–Crippen LogP) is 9.35. The van der Waals surface area contributed by atoms with Crippen LogP contribution in [0.5, 0.6) is 0 Å². The Morgan fingerprint density at radius 2 is 0.867 bits per heavy atom. The zero-order chi connectivity index (χ0) is 20.0. The van der Waals surface area contributed by atoms with Crippen LogP contribution in [0.15, 0.2) is 72.8 Å². The van der Waals surface area contributed by atoms with E-state index in [1.807, 2.05) is 22.7 Å². The van der Waals surface area contributed by atoms with Crippen LogP contribution in [0.25, 0.3) is 61.9 Å². The Labute approximate surface area is 182 Å². The van der Waals surface area contributed by atoms with Crippen LogP contribution in [-0.4, -0.2) is 0 Å². The number of hydrogen-bond donors (Lipinski definition) is 0. The largest absolute Gasteiger partial charge is 0.135 e. The Kier molecular flexibility index (Phi) is 3.26. The van der Waals surface area contributed by atoms with Crippen molar-refractivity contribution in [2.75, 3.05) is 0 Å². The summed E-state index contributed by atoms with van der Waals surface area (Å²) in [6.07, 6.45) is 0. The predicted molar refractivity (Wildman–Crippen MR) is 137 cm³/mol. The Hall–Kier alpha value is -2.94. The molecule has 2 heteroatoms. The first kappa shape index (κ1) is 16.8. The molecule has 2 heterocycles. The highest BCUT2D eigenvalue weighted by atomic mass is 32.1. The number of thiophene rings is 2. The maximum atomic E-state index is 2.40. The quantitative estimate of drug-likeness (QED) is 0.230. The van der Waals surface area contributed by atoms with E-state index in [4.69, 9.17) is 0 Å². The molecule has 0 aliphatic carbocycles. The molecule has 0 nitrogen and oxygen atoms in total. The second-order valence-electron chi connectivity index (χ2n) is 8.45. The number of benzene rings is 5. The fourth-order valence-electron chi connectivity index (χ4n) is 4.76. The fraction of sp³-hybridized carbons (Fsp3) is 0.0714. The summed E-state index contributed by atoms with van der Waals surface area (Å²) in [5.74, 6) is 0. The zero-order valence-electron chi connectivity index (χ0n) is 16.7. The Balaban J connectivity index is 1.57. The van der Waals surface area contributed by atoms with Gasteiger partial charge in [0.2, 0.25) is 0 Å².